The molecule has 1 aromatic carbocycles. The van der Waals surface area contributed by atoms with E-state index >= 15 is 0 Å². The number of nitrogens with zero attached hydrogens (tertiary/aromatic N) is 1. The largest absolute Gasteiger partial charge is 0.494 e. The highest BCUT2D eigenvalue weighted by molar-refractivity contribution is 5.32. The van der Waals surface area contributed by atoms with Crippen LogP contribution in [0.15, 0.2) is 36.7 Å². The van der Waals surface area contributed by atoms with Crippen molar-refractivity contribution in [2.75, 3.05) is 14.2 Å². The Morgan fingerprint density at radius 3 is 2.76 bits per heavy atom. The number of likely N-dealkylation sites (N-methyl/N-ethyl adjacent to an activating group) is 1. The fourth-order valence-corrected chi connectivity index (χ4v) is 2.51. The maximum Gasteiger partial charge on any atom is 0.165 e. The number of ether oxygens (including phenoxy) is 1. The van der Waals surface area contributed by atoms with Gasteiger partial charge in [0.25, 0.3) is 0 Å². The Morgan fingerprint density at radius 1 is 1.33 bits per heavy atom. The second-order valence-electron chi connectivity index (χ2n) is 4.94. The number of nitrogens with one attached hydrogen (secondary N) is 1. The van der Waals surface area contributed by atoms with E-state index < -0.39 is 0 Å². The van der Waals surface area contributed by atoms with Crippen LogP contribution in [0.3, 0.4) is 0 Å². The number of aromatic nitrogens is 1. The van der Waals surface area contributed by atoms with Crippen LogP contribution < -0.4 is 10.1 Å². The predicted molar refractivity (Wildman–Crippen MR) is 82.1 cm³/mol. The molecule has 21 heavy (non-hydrogen) atoms. The summed E-state index contributed by atoms with van der Waals surface area (Å²) in [5, 5.41) is 3.31. The van der Waals surface area contributed by atoms with Crippen LogP contribution in [0.1, 0.15) is 29.7 Å². The van der Waals surface area contributed by atoms with E-state index in [0.717, 1.165) is 12.0 Å². The molecule has 0 aliphatic rings. The molecule has 0 aliphatic carbocycles. The Bertz CT molecular complexity index is 601. The lowest BCUT2D eigenvalue weighted by molar-refractivity contribution is 0.386. The zero-order valence-electron chi connectivity index (χ0n) is 12.7. The van der Waals surface area contributed by atoms with Crippen LogP contribution in [0.4, 0.5) is 4.39 Å². The molecule has 2 aromatic rings. The number of benzene rings is 1. The van der Waals surface area contributed by atoms with Gasteiger partial charge in [-0.3, -0.25) is 4.98 Å². The van der Waals surface area contributed by atoms with Gasteiger partial charge in [-0.15, -0.1) is 0 Å². The van der Waals surface area contributed by atoms with Gasteiger partial charge in [0.1, 0.15) is 0 Å². The van der Waals surface area contributed by atoms with E-state index in [1.165, 1.54) is 24.3 Å². The minimum atomic E-state index is -0.324. The summed E-state index contributed by atoms with van der Waals surface area (Å²) in [6.07, 6.45) is 5.34. The first-order chi connectivity index (χ1) is 10.2. The van der Waals surface area contributed by atoms with Crippen molar-refractivity contribution in [3.63, 3.8) is 0 Å². The summed E-state index contributed by atoms with van der Waals surface area (Å²) in [6, 6.07) is 7.27. The number of aryl methyl sites for hydroxylation is 1. The summed E-state index contributed by atoms with van der Waals surface area (Å²) in [6.45, 7) is 2.11. The molecule has 1 N–H and O–H groups in total. The Kier molecular flexibility index (Phi) is 5.28. The van der Waals surface area contributed by atoms with Crippen LogP contribution >= 0.6 is 0 Å². The molecule has 0 saturated heterocycles. The molecule has 1 atom stereocenters. The maximum atomic E-state index is 13.8. The molecule has 1 heterocycles. The van der Waals surface area contributed by atoms with Gasteiger partial charge >= 0.3 is 0 Å². The first kappa shape index (κ1) is 15.4. The lowest BCUT2D eigenvalue weighted by Gasteiger charge is -2.19. The van der Waals surface area contributed by atoms with Gasteiger partial charge < -0.3 is 10.1 Å². The average molecular weight is 288 g/mol. The van der Waals surface area contributed by atoms with Crippen LogP contribution in [0, 0.1) is 5.82 Å². The van der Waals surface area contributed by atoms with Gasteiger partial charge in [-0.1, -0.05) is 13.0 Å². The number of methoxy groups -OCH3 is 1. The van der Waals surface area contributed by atoms with Crippen LogP contribution in [0.5, 0.6) is 5.75 Å². The van der Waals surface area contributed by atoms with Crippen molar-refractivity contribution in [3.05, 3.63) is 59.2 Å². The van der Waals surface area contributed by atoms with Crippen LogP contribution in [0.25, 0.3) is 0 Å². The summed E-state index contributed by atoms with van der Waals surface area (Å²) >= 11 is 0. The topological polar surface area (TPSA) is 34.1 Å². The monoisotopic (exact) mass is 288 g/mol. The minimum Gasteiger partial charge on any atom is -0.494 e. The fraction of sp³-hybridized carbons (Fsp3) is 0.353. The lowest BCUT2D eigenvalue weighted by Crippen LogP contribution is -2.20. The number of hydrogen-bond acceptors (Lipinski definition) is 3. The normalized spacial score (nSPS) is 12.2. The third-order valence-electron chi connectivity index (χ3n) is 3.70. The molecule has 0 fully saturated rings. The van der Waals surface area contributed by atoms with Gasteiger partial charge in [0.05, 0.1) is 7.11 Å². The molecule has 4 heteroatoms. The van der Waals surface area contributed by atoms with Gasteiger partial charge in [-0.25, -0.2) is 4.39 Å². The van der Waals surface area contributed by atoms with E-state index in [0.29, 0.717) is 6.42 Å². The quantitative estimate of drug-likeness (QED) is 0.885. The van der Waals surface area contributed by atoms with Gasteiger partial charge in [-0.2, -0.15) is 0 Å². The molecule has 0 amide bonds. The summed E-state index contributed by atoms with van der Waals surface area (Å²) in [5.41, 5.74) is 3.36. The number of hydrogen-bond donors (Lipinski definition) is 1. The Hall–Kier alpha value is -1.94. The Labute approximate surface area is 125 Å². The lowest BCUT2D eigenvalue weighted by atomic mass is 9.95. The van der Waals surface area contributed by atoms with E-state index in [9.17, 15) is 4.39 Å². The molecule has 1 unspecified atom stereocenters. The second kappa shape index (κ2) is 7.18. The first-order valence-corrected chi connectivity index (χ1v) is 7.12. The van der Waals surface area contributed by atoms with Crippen molar-refractivity contribution in [1.29, 1.82) is 0 Å². The molecule has 3 nitrogen and oxygen atoms in total. The van der Waals surface area contributed by atoms with Crippen LogP contribution in [-0.4, -0.2) is 19.1 Å². The van der Waals surface area contributed by atoms with Gasteiger partial charge in [-0.05, 0) is 54.8 Å². The molecule has 1 aromatic heterocycles. The summed E-state index contributed by atoms with van der Waals surface area (Å²) in [7, 11) is 3.39. The van der Waals surface area contributed by atoms with Crippen molar-refractivity contribution < 1.29 is 9.13 Å². The molecule has 0 bridgehead atoms. The fourth-order valence-electron chi connectivity index (χ4n) is 2.51. The van der Waals surface area contributed by atoms with Crippen LogP contribution in [0.2, 0.25) is 0 Å². The van der Waals surface area contributed by atoms with Crippen molar-refractivity contribution in [2.45, 2.75) is 25.8 Å². The highest BCUT2D eigenvalue weighted by atomic mass is 19.1. The predicted octanol–water partition coefficient (Wildman–Crippen LogP) is 3.29. The van der Waals surface area contributed by atoms with E-state index in [1.54, 1.807) is 12.3 Å². The van der Waals surface area contributed by atoms with Crippen molar-refractivity contribution in [2.24, 2.45) is 0 Å². The van der Waals surface area contributed by atoms with E-state index in [1.807, 2.05) is 25.4 Å². The molecule has 2 rings (SSSR count). The smallest absolute Gasteiger partial charge is 0.165 e. The molecule has 0 saturated carbocycles. The highest BCUT2D eigenvalue weighted by Crippen LogP contribution is 2.24. The maximum absolute atomic E-state index is 13.8. The Balaban J connectivity index is 2.25. The molecule has 112 valence electrons. The summed E-state index contributed by atoms with van der Waals surface area (Å²) in [4.78, 5) is 4.17. The van der Waals surface area contributed by atoms with Gasteiger partial charge in [0.2, 0.25) is 0 Å². The highest BCUT2D eigenvalue weighted by Gasteiger charge is 2.14. The molecule has 0 spiro atoms. The van der Waals surface area contributed by atoms with E-state index in [2.05, 4.69) is 17.2 Å². The SMILES string of the molecule is CCc1cnccc1C(Cc1ccc(OC)c(F)c1)NC. The third-order valence-corrected chi connectivity index (χ3v) is 3.70. The average Bonchev–Trinajstić information content (AvgIpc) is 2.52. The zero-order valence-corrected chi connectivity index (χ0v) is 12.7. The van der Waals surface area contributed by atoms with Crippen molar-refractivity contribution in [3.8, 4) is 5.75 Å². The van der Waals surface area contributed by atoms with E-state index in [-0.39, 0.29) is 17.6 Å². The number of pyridine rings is 1. The van der Waals surface area contributed by atoms with E-state index in [4.69, 9.17) is 4.74 Å². The third kappa shape index (κ3) is 3.58. The van der Waals surface area contributed by atoms with Gasteiger partial charge in [0.15, 0.2) is 11.6 Å². The molecule has 0 aliphatic heterocycles. The summed E-state index contributed by atoms with van der Waals surface area (Å²) < 4.78 is 18.8. The second-order valence-corrected chi connectivity index (χ2v) is 4.94. The zero-order chi connectivity index (χ0) is 15.2. The molecular weight excluding hydrogens is 267 g/mol. The minimum absolute atomic E-state index is 0.135. The van der Waals surface area contributed by atoms with Gasteiger partial charge in [0, 0.05) is 18.4 Å². The summed E-state index contributed by atoms with van der Waals surface area (Å²) in [5.74, 6) is -0.0480. The van der Waals surface area contributed by atoms with Crippen molar-refractivity contribution in [1.82, 2.24) is 10.3 Å². The standard InChI is InChI=1S/C17H21FN2O/c1-4-13-11-20-8-7-14(13)16(19-2)10-12-5-6-17(21-3)15(18)9-12/h5-9,11,16,19H,4,10H2,1-3H3. The van der Waals surface area contributed by atoms with Crippen LogP contribution in [-0.2, 0) is 12.8 Å². The first-order valence-electron chi connectivity index (χ1n) is 7.12. The molecule has 0 radical (unpaired) electrons. The number of halogens is 1. The Morgan fingerprint density at radius 2 is 2.14 bits per heavy atom. The molecular formula is C17H21FN2O. The number of rotatable bonds is 6. The van der Waals surface area contributed by atoms with Crippen molar-refractivity contribution >= 4 is 0 Å².